The van der Waals surface area contributed by atoms with E-state index in [0.29, 0.717) is 23.1 Å². The summed E-state index contributed by atoms with van der Waals surface area (Å²) in [7, 11) is 5.50. The number of amides is 2. The van der Waals surface area contributed by atoms with Crippen molar-refractivity contribution in [3.05, 3.63) is 53.1 Å². The number of likely N-dealkylation sites (tertiary alicyclic amines) is 1. The minimum Gasteiger partial charge on any atom is -0.508 e. The fourth-order valence-electron chi connectivity index (χ4n) is 5.06. The molecule has 0 atom stereocenters. The highest BCUT2D eigenvalue weighted by molar-refractivity contribution is 6.05. The van der Waals surface area contributed by atoms with E-state index >= 15 is 0 Å². The summed E-state index contributed by atoms with van der Waals surface area (Å²) >= 11 is 0. The Morgan fingerprint density at radius 1 is 1.15 bits per heavy atom. The first-order valence-electron chi connectivity index (χ1n) is 13.5. The first-order valence-corrected chi connectivity index (χ1v) is 13.5. The first kappa shape index (κ1) is 27.3. The van der Waals surface area contributed by atoms with Crippen molar-refractivity contribution in [2.75, 3.05) is 27.2 Å². The van der Waals surface area contributed by atoms with Gasteiger partial charge in [0.05, 0.1) is 11.7 Å². The SMILES string of the molecule is CCn1ncc(CN(C)C(=O)c2nc(-c3cc(C(=O)NC4CCN(C)CC4)nn3C)nc3ccc(O)cc23)c1C. The number of carbonyl (C=O) groups excluding carboxylic acids is 2. The van der Waals surface area contributed by atoms with Gasteiger partial charge in [0.25, 0.3) is 11.8 Å². The first-order chi connectivity index (χ1) is 19.1. The molecule has 0 bridgehead atoms. The van der Waals surface area contributed by atoms with E-state index in [4.69, 9.17) is 0 Å². The van der Waals surface area contributed by atoms with Crippen molar-refractivity contribution in [2.24, 2.45) is 7.05 Å². The average molecular weight is 546 g/mol. The standard InChI is InChI=1S/C28H35N9O3/c1-6-37-17(2)18(15-29-37)16-35(4)28(40)25-21-13-20(38)7-8-22(21)31-26(32-25)24-14-23(33-36(24)5)27(39)30-19-9-11-34(3)12-10-19/h7-8,13-15,19,38H,6,9-12,16H2,1-5H3,(H,30,39). The topological polar surface area (TPSA) is 134 Å². The van der Waals surface area contributed by atoms with Gasteiger partial charge >= 0.3 is 0 Å². The second-order valence-electron chi connectivity index (χ2n) is 10.4. The minimum atomic E-state index is -0.328. The van der Waals surface area contributed by atoms with Crippen LogP contribution >= 0.6 is 0 Å². The monoisotopic (exact) mass is 545 g/mol. The van der Waals surface area contributed by atoms with Crippen LogP contribution in [0, 0.1) is 6.92 Å². The Labute approximate surface area is 232 Å². The molecule has 1 saturated heterocycles. The van der Waals surface area contributed by atoms with Crippen molar-refractivity contribution in [2.45, 2.75) is 45.8 Å². The normalized spacial score (nSPS) is 14.5. The van der Waals surface area contributed by atoms with Crippen LogP contribution in [0.5, 0.6) is 5.75 Å². The van der Waals surface area contributed by atoms with Gasteiger partial charge in [-0.25, -0.2) is 9.97 Å². The van der Waals surface area contributed by atoms with Gasteiger partial charge in [-0.1, -0.05) is 0 Å². The lowest BCUT2D eigenvalue weighted by Crippen LogP contribution is -2.43. The molecule has 1 fully saturated rings. The average Bonchev–Trinajstić information content (AvgIpc) is 3.50. The number of nitrogens with zero attached hydrogens (tertiary/aromatic N) is 8. The number of hydrogen-bond acceptors (Lipinski definition) is 8. The summed E-state index contributed by atoms with van der Waals surface area (Å²) < 4.78 is 3.43. The highest BCUT2D eigenvalue weighted by atomic mass is 16.3. The van der Waals surface area contributed by atoms with Gasteiger partial charge in [-0.05, 0) is 65.0 Å². The van der Waals surface area contributed by atoms with Crippen molar-refractivity contribution in [3.8, 4) is 17.3 Å². The third-order valence-corrected chi connectivity index (χ3v) is 7.54. The predicted molar refractivity (Wildman–Crippen MR) is 150 cm³/mol. The maximum absolute atomic E-state index is 13.7. The molecule has 210 valence electrons. The molecule has 0 aliphatic carbocycles. The number of aromatic nitrogens is 6. The second kappa shape index (κ2) is 11.0. The highest BCUT2D eigenvalue weighted by Gasteiger charge is 2.25. The van der Waals surface area contributed by atoms with Crippen molar-refractivity contribution in [1.82, 2.24) is 44.6 Å². The molecule has 5 rings (SSSR count). The number of aromatic hydroxyl groups is 1. The third kappa shape index (κ3) is 5.39. The summed E-state index contributed by atoms with van der Waals surface area (Å²) in [5.41, 5.74) is 3.34. The van der Waals surface area contributed by atoms with Crippen LogP contribution in [0.3, 0.4) is 0 Å². The molecule has 4 aromatic rings. The van der Waals surface area contributed by atoms with Crippen molar-refractivity contribution < 1.29 is 14.7 Å². The molecule has 2 amide bonds. The summed E-state index contributed by atoms with van der Waals surface area (Å²) in [6, 6.07) is 6.40. The number of phenolic OH excluding ortho intramolecular Hbond substituents is 1. The van der Waals surface area contributed by atoms with Gasteiger partial charge in [-0.2, -0.15) is 10.2 Å². The molecule has 40 heavy (non-hydrogen) atoms. The molecule has 1 aliphatic heterocycles. The van der Waals surface area contributed by atoms with E-state index < -0.39 is 0 Å². The van der Waals surface area contributed by atoms with E-state index in [9.17, 15) is 14.7 Å². The van der Waals surface area contributed by atoms with Crippen LogP contribution in [-0.2, 0) is 20.1 Å². The molecule has 0 spiro atoms. The molecule has 2 N–H and O–H groups in total. The fraction of sp³-hybridized carbons (Fsp3) is 0.429. The molecule has 1 aromatic carbocycles. The molecule has 3 aromatic heterocycles. The Kier molecular flexibility index (Phi) is 7.53. The number of phenols is 1. The molecule has 0 radical (unpaired) electrons. The van der Waals surface area contributed by atoms with Gasteiger partial charge in [0.15, 0.2) is 11.5 Å². The number of carbonyl (C=O) groups is 2. The molecular formula is C28H35N9O3. The zero-order valence-corrected chi connectivity index (χ0v) is 23.5. The van der Waals surface area contributed by atoms with Crippen LogP contribution < -0.4 is 5.32 Å². The van der Waals surface area contributed by atoms with Gasteiger partial charge in [-0.3, -0.25) is 19.0 Å². The Morgan fingerprint density at radius 2 is 1.90 bits per heavy atom. The van der Waals surface area contributed by atoms with Crippen LogP contribution in [0.15, 0.2) is 30.5 Å². The number of rotatable bonds is 7. The van der Waals surface area contributed by atoms with Gasteiger partial charge in [0, 0.05) is 55.9 Å². The maximum Gasteiger partial charge on any atom is 0.273 e. The smallest absolute Gasteiger partial charge is 0.273 e. The highest BCUT2D eigenvalue weighted by Crippen LogP contribution is 2.26. The molecule has 0 unspecified atom stereocenters. The number of piperidine rings is 1. The zero-order valence-electron chi connectivity index (χ0n) is 23.5. The Balaban J connectivity index is 1.46. The van der Waals surface area contributed by atoms with Gasteiger partial charge in [-0.15, -0.1) is 0 Å². The van der Waals surface area contributed by atoms with Crippen LogP contribution in [0.4, 0.5) is 0 Å². The van der Waals surface area contributed by atoms with Gasteiger partial charge < -0.3 is 20.2 Å². The maximum atomic E-state index is 13.7. The Morgan fingerprint density at radius 3 is 2.60 bits per heavy atom. The largest absolute Gasteiger partial charge is 0.508 e. The van der Waals surface area contributed by atoms with Crippen molar-refractivity contribution in [1.29, 1.82) is 0 Å². The van der Waals surface area contributed by atoms with E-state index in [1.54, 1.807) is 42.0 Å². The van der Waals surface area contributed by atoms with E-state index in [0.717, 1.165) is 43.7 Å². The third-order valence-electron chi connectivity index (χ3n) is 7.54. The zero-order chi connectivity index (χ0) is 28.6. The van der Waals surface area contributed by atoms with Gasteiger partial charge in [0.2, 0.25) is 0 Å². The number of hydrogen-bond donors (Lipinski definition) is 2. The van der Waals surface area contributed by atoms with E-state index in [-0.39, 0.29) is 40.8 Å². The predicted octanol–water partition coefficient (Wildman–Crippen LogP) is 2.36. The van der Waals surface area contributed by atoms with E-state index in [1.807, 2.05) is 18.5 Å². The van der Waals surface area contributed by atoms with Crippen LogP contribution in [0.2, 0.25) is 0 Å². The molecule has 4 heterocycles. The lowest BCUT2D eigenvalue weighted by Gasteiger charge is -2.29. The quantitative estimate of drug-likeness (QED) is 0.362. The van der Waals surface area contributed by atoms with Gasteiger partial charge in [0.1, 0.15) is 17.1 Å². The fourth-order valence-corrected chi connectivity index (χ4v) is 5.06. The van der Waals surface area contributed by atoms with Crippen molar-refractivity contribution >= 4 is 22.7 Å². The Hall–Kier alpha value is -4.32. The minimum absolute atomic E-state index is 0.00835. The molecule has 12 nitrogen and oxygen atoms in total. The summed E-state index contributed by atoms with van der Waals surface area (Å²) in [6.07, 6.45) is 3.55. The molecule has 12 heteroatoms. The summed E-state index contributed by atoms with van der Waals surface area (Å²) in [6.45, 7) is 6.95. The van der Waals surface area contributed by atoms with Crippen LogP contribution in [-0.4, -0.2) is 89.5 Å². The number of nitrogens with one attached hydrogen (secondary N) is 1. The Bertz CT molecular complexity index is 1570. The van der Waals surface area contributed by atoms with Crippen molar-refractivity contribution in [3.63, 3.8) is 0 Å². The molecule has 1 aliphatic rings. The van der Waals surface area contributed by atoms with Crippen LogP contribution in [0.25, 0.3) is 22.4 Å². The lowest BCUT2D eigenvalue weighted by molar-refractivity contribution is 0.0780. The summed E-state index contributed by atoms with van der Waals surface area (Å²) in [5.74, 6) is -0.307. The van der Waals surface area contributed by atoms with E-state index in [2.05, 4.69) is 37.4 Å². The molecular weight excluding hydrogens is 510 g/mol. The lowest BCUT2D eigenvalue weighted by atomic mass is 10.1. The number of aryl methyl sites for hydroxylation is 2. The van der Waals surface area contributed by atoms with E-state index in [1.165, 1.54) is 12.1 Å². The number of benzene rings is 1. The van der Waals surface area contributed by atoms with Crippen LogP contribution in [0.1, 0.15) is 52.0 Å². The summed E-state index contributed by atoms with van der Waals surface area (Å²) in [5, 5.41) is 22.5. The number of fused-ring (bicyclic) bond motifs is 1. The summed E-state index contributed by atoms with van der Waals surface area (Å²) in [4.78, 5) is 39.8. The second-order valence-corrected chi connectivity index (χ2v) is 10.4. The molecule has 0 saturated carbocycles.